The summed E-state index contributed by atoms with van der Waals surface area (Å²) in [6, 6.07) is 22.8. The van der Waals surface area contributed by atoms with Gasteiger partial charge in [0.15, 0.2) is 0 Å². The number of nitrogens with one attached hydrogen (secondary N) is 1. The van der Waals surface area contributed by atoms with Crippen LogP contribution in [-0.4, -0.2) is 22.9 Å². The Bertz CT molecular complexity index is 1150. The molecule has 4 rings (SSSR count). The monoisotopic (exact) mass is 554 g/mol. The van der Waals surface area contributed by atoms with Gasteiger partial charge in [-0.05, 0) is 69.0 Å². The molecule has 0 aliphatic carbocycles. The minimum Gasteiger partial charge on any atom is -0.445 e. The number of ether oxygens (including phenoxy) is 1. The van der Waals surface area contributed by atoms with Gasteiger partial charge in [-0.25, -0.2) is 4.79 Å². The fraction of sp³-hybridized carbons (Fsp3) is 0.259. The number of halogens is 1. The van der Waals surface area contributed by atoms with Crippen LogP contribution in [0.2, 0.25) is 0 Å². The van der Waals surface area contributed by atoms with E-state index in [2.05, 4.69) is 47.8 Å². The second kappa shape index (κ2) is 10.4. The van der Waals surface area contributed by atoms with Crippen molar-refractivity contribution in [2.75, 3.05) is 5.32 Å². The highest BCUT2D eigenvalue weighted by Gasteiger charge is 2.36. The molecular weight excluding hydrogens is 527 g/mol. The van der Waals surface area contributed by atoms with Gasteiger partial charge in [0, 0.05) is 15.7 Å². The van der Waals surface area contributed by atoms with Gasteiger partial charge >= 0.3 is 6.09 Å². The molecule has 2 amide bonds. The van der Waals surface area contributed by atoms with E-state index in [0.717, 1.165) is 31.5 Å². The highest BCUT2D eigenvalue weighted by atomic mass is 127. The maximum Gasteiger partial charge on any atom is 0.411 e. The smallest absolute Gasteiger partial charge is 0.411 e. The number of rotatable bonds is 5. The van der Waals surface area contributed by atoms with Crippen molar-refractivity contribution in [1.29, 1.82) is 0 Å². The zero-order chi connectivity index (χ0) is 23.4. The number of carbonyl (C=O) groups excluding carboxylic acids is 2. The second-order valence-electron chi connectivity index (χ2n) is 8.53. The van der Waals surface area contributed by atoms with Gasteiger partial charge in [-0.15, -0.1) is 0 Å². The molecule has 0 fully saturated rings. The van der Waals surface area contributed by atoms with E-state index in [1.54, 1.807) is 4.90 Å². The molecule has 3 aromatic rings. The van der Waals surface area contributed by atoms with Crippen LogP contribution < -0.4 is 5.32 Å². The first-order valence-electron chi connectivity index (χ1n) is 11.1. The van der Waals surface area contributed by atoms with E-state index in [-0.39, 0.29) is 18.4 Å². The van der Waals surface area contributed by atoms with Crippen molar-refractivity contribution in [1.82, 2.24) is 4.90 Å². The number of carbonyl (C=O) groups is 2. The van der Waals surface area contributed by atoms with Crippen LogP contribution in [0, 0.1) is 3.57 Å². The molecule has 1 aliphatic heterocycles. The molecule has 33 heavy (non-hydrogen) atoms. The van der Waals surface area contributed by atoms with Crippen LogP contribution >= 0.6 is 22.6 Å². The molecule has 1 N–H and O–H groups in total. The lowest BCUT2D eigenvalue weighted by Gasteiger charge is -2.35. The zero-order valence-corrected chi connectivity index (χ0v) is 20.9. The van der Waals surface area contributed by atoms with Crippen molar-refractivity contribution in [3.8, 4) is 0 Å². The molecule has 0 unspecified atom stereocenters. The standard InChI is InChI=1S/C27H27IN2O3/c1-18(2)23-15-22(28)12-13-24(23)29-26(31)25-14-20-10-6-7-11-21(20)16-30(25)27(32)33-17-19-8-4-3-5-9-19/h3-13,15,18,25H,14,16-17H2,1-2H3,(H,29,31)/t25-/m0/s1. The van der Waals surface area contributed by atoms with E-state index in [9.17, 15) is 9.59 Å². The number of nitrogens with zero attached hydrogens (tertiary/aromatic N) is 1. The van der Waals surface area contributed by atoms with Gasteiger partial charge in [0.1, 0.15) is 12.6 Å². The maximum absolute atomic E-state index is 13.5. The number of fused-ring (bicyclic) bond motifs is 1. The Balaban J connectivity index is 1.57. The Labute approximate surface area is 208 Å². The van der Waals surface area contributed by atoms with Crippen LogP contribution in [0.15, 0.2) is 72.8 Å². The molecule has 1 aliphatic rings. The van der Waals surface area contributed by atoms with Gasteiger partial charge in [0.2, 0.25) is 5.91 Å². The van der Waals surface area contributed by atoms with E-state index in [0.29, 0.717) is 13.0 Å². The number of benzene rings is 3. The summed E-state index contributed by atoms with van der Waals surface area (Å²) in [4.78, 5) is 28.1. The van der Waals surface area contributed by atoms with Crippen LogP contribution in [0.4, 0.5) is 10.5 Å². The van der Waals surface area contributed by atoms with Gasteiger partial charge in [0.25, 0.3) is 0 Å². The normalized spacial score (nSPS) is 15.2. The first-order chi connectivity index (χ1) is 15.9. The van der Waals surface area contributed by atoms with E-state index >= 15 is 0 Å². The summed E-state index contributed by atoms with van der Waals surface area (Å²) in [5.74, 6) is 0.0540. The lowest BCUT2D eigenvalue weighted by molar-refractivity contribution is -0.121. The van der Waals surface area contributed by atoms with Crippen molar-refractivity contribution in [3.05, 3.63) is 98.6 Å². The van der Waals surface area contributed by atoms with E-state index in [1.807, 2.05) is 66.7 Å². The topological polar surface area (TPSA) is 58.6 Å². The summed E-state index contributed by atoms with van der Waals surface area (Å²) in [6.07, 6.45) is -0.0377. The first kappa shape index (κ1) is 23.3. The molecular formula is C27H27IN2O3. The zero-order valence-electron chi connectivity index (χ0n) is 18.8. The third-order valence-electron chi connectivity index (χ3n) is 5.88. The summed E-state index contributed by atoms with van der Waals surface area (Å²) in [6.45, 7) is 4.71. The van der Waals surface area contributed by atoms with Gasteiger partial charge in [0.05, 0.1) is 6.54 Å². The molecule has 3 aromatic carbocycles. The summed E-state index contributed by atoms with van der Waals surface area (Å²) in [5, 5.41) is 3.09. The van der Waals surface area contributed by atoms with Crippen LogP contribution in [-0.2, 0) is 29.1 Å². The molecule has 0 bridgehead atoms. The Morgan fingerprint density at radius 2 is 1.73 bits per heavy atom. The molecule has 0 saturated carbocycles. The molecule has 0 aromatic heterocycles. The maximum atomic E-state index is 13.5. The predicted molar refractivity (Wildman–Crippen MR) is 138 cm³/mol. The molecule has 5 nitrogen and oxygen atoms in total. The predicted octanol–water partition coefficient (Wildman–Crippen LogP) is 6.12. The van der Waals surface area contributed by atoms with E-state index in [1.165, 1.54) is 0 Å². The molecule has 6 heteroatoms. The Morgan fingerprint density at radius 1 is 1.03 bits per heavy atom. The fourth-order valence-electron chi connectivity index (χ4n) is 4.09. The Hall–Kier alpha value is -2.87. The van der Waals surface area contributed by atoms with Crippen molar-refractivity contribution in [3.63, 3.8) is 0 Å². The molecule has 170 valence electrons. The quantitative estimate of drug-likeness (QED) is 0.387. The van der Waals surface area contributed by atoms with Crippen LogP contribution in [0.3, 0.4) is 0 Å². The van der Waals surface area contributed by atoms with Crippen molar-refractivity contribution < 1.29 is 14.3 Å². The van der Waals surface area contributed by atoms with Crippen LogP contribution in [0.1, 0.15) is 42.0 Å². The van der Waals surface area contributed by atoms with Gasteiger partial charge in [-0.2, -0.15) is 0 Å². The van der Waals surface area contributed by atoms with E-state index < -0.39 is 12.1 Å². The van der Waals surface area contributed by atoms with Crippen molar-refractivity contribution >= 4 is 40.3 Å². The summed E-state index contributed by atoms with van der Waals surface area (Å²) in [7, 11) is 0. The van der Waals surface area contributed by atoms with Crippen LogP contribution in [0.5, 0.6) is 0 Å². The third-order valence-corrected chi connectivity index (χ3v) is 6.56. The lowest BCUT2D eigenvalue weighted by atomic mass is 9.93. The average Bonchev–Trinajstić information content (AvgIpc) is 2.83. The first-order valence-corrected chi connectivity index (χ1v) is 12.1. The summed E-state index contributed by atoms with van der Waals surface area (Å²) >= 11 is 2.28. The SMILES string of the molecule is CC(C)c1cc(I)ccc1NC(=O)[C@@H]1Cc2ccccc2CN1C(=O)OCc1ccccc1. The molecule has 0 radical (unpaired) electrons. The Kier molecular flexibility index (Phi) is 7.33. The van der Waals surface area contributed by atoms with Gasteiger partial charge in [-0.1, -0.05) is 68.4 Å². The molecule has 0 saturated heterocycles. The summed E-state index contributed by atoms with van der Waals surface area (Å²) in [5.41, 5.74) is 4.88. The number of hydrogen-bond acceptors (Lipinski definition) is 3. The lowest BCUT2D eigenvalue weighted by Crippen LogP contribution is -2.50. The Morgan fingerprint density at radius 3 is 2.45 bits per heavy atom. The number of anilines is 1. The minimum atomic E-state index is -0.650. The number of amides is 2. The molecule has 1 atom stereocenters. The van der Waals surface area contributed by atoms with Crippen molar-refractivity contribution in [2.45, 2.75) is 45.4 Å². The van der Waals surface area contributed by atoms with E-state index in [4.69, 9.17) is 4.74 Å². The van der Waals surface area contributed by atoms with Crippen LogP contribution in [0.25, 0.3) is 0 Å². The molecule has 0 spiro atoms. The van der Waals surface area contributed by atoms with Crippen molar-refractivity contribution in [2.24, 2.45) is 0 Å². The minimum absolute atomic E-state index is 0.167. The van der Waals surface area contributed by atoms with Gasteiger partial charge < -0.3 is 10.1 Å². The average molecular weight is 554 g/mol. The highest BCUT2D eigenvalue weighted by molar-refractivity contribution is 14.1. The second-order valence-corrected chi connectivity index (χ2v) is 9.78. The third kappa shape index (κ3) is 5.55. The largest absolute Gasteiger partial charge is 0.445 e. The number of hydrogen-bond donors (Lipinski definition) is 1. The van der Waals surface area contributed by atoms with Gasteiger partial charge in [-0.3, -0.25) is 9.69 Å². The highest BCUT2D eigenvalue weighted by Crippen LogP contribution is 2.29. The fourth-order valence-corrected chi connectivity index (χ4v) is 4.61. The molecule has 1 heterocycles. The summed E-state index contributed by atoms with van der Waals surface area (Å²) < 4.78 is 6.71.